The molecule has 0 spiro atoms. The van der Waals surface area contributed by atoms with E-state index in [-0.39, 0.29) is 0 Å². The van der Waals surface area contributed by atoms with Crippen LogP contribution < -0.4 is 4.74 Å². The Kier molecular flexibility index (Phi) is 6.59. The fourth-order valence-electron chi connectivity index (χ4n) is 5.50. The SMILES string of the molecule is CCCC1CCc2c(ccc3c2CCC(CCc2ccc(OC(F)(F)F)c(F)c2)C3)C1. The van der Waals surface area contributed by atoms with E-state index in [1.165, 1.54) is 49.8 Å². The first-order chi connectivity index (χ1) is 14.8. The van der Waals surface area contributed by atoms with Crippen LogP contribution in [0.4, 0.5) is 17.6 Å². The lowest BCUT2D eigenvalue weighted by atomic mass is 9.73. The Morgan fingerprint density at radius 3 is 2.06 bits per heavy atom. The third-order valence-corrected chi connectivity index (χ3v) is 7.01. The standard InChI is InChI=1S/C26H30F4O/c1-2-3-17-6-11-22-20(14-17)9-10-21-15-18(7-12-23(21)22)4-5-19-8-13-25(24(27)16-19)31-26(28,29)30/h8-10,13,16-18H,2-7,11-12,14-15H2,1H3. The number of alkyl halides is 3. The van der Waals surface area contributed by atoms with E-state index in [4.69, 9.17) is 0 Å². The molecule has 2 unspecified atom stereocenters. The van der Waals surface area contributed by atoms with Gasteiger partial charge in [0, 0.05) is 0 Å². The van der Waals surface area contributed by atoms with Gasteiger partial charge in [-0.3, -0.25) is 0 Å². The summed E-state index contributed by atoms with van der Waals surface area (Å²) in [7, 11) is 0. The Morgan fingerprint density at radius 1 is 0.903 bits per heavy atom. The van der Waals surface area contributed by atoms with Crippen LogP contribution >= 0.6 is 0 Å². The summed E-state index contributed by atoms with van der Waals surface area (Å²) in [5, 5.41) is 0. The predicted octanol–water partition coefficient (Wildman–Crippen LogP) is 7.37. The van der Waals surface area contributed by atoms with Crippen molar-refractivity contribution in [3.05, 3.63) is 64.0 Å². The van der Waals surface area contributed by atoms with E-state index in [0.29, 0.717) is 17.9 Å². The lowest BCUT2D eigenvalue weighted by Crippen LogP contribution is -2.21. The number of hydrogen-bond donors (Lipinski definition) is 0. The molecule has 5 heteroatoms. The van der Waals surface area contributed by atoms with Gasteiger partial charge in [0.15, 0.2) is 11.6 Å². The number of hydrogen-bond acceptors (Lipinski definition) is 1. The van der Waals surface area contributed by atoms with E-state index >= 15 is 0 Å². The molecule has 0 radical (unpaired) electrons. The second-order valence-electron chi connectivity index (χ2n) is 9.20. The molecule has 2 aromatic carbocycles. The highest BCUT2D eigenvalue weighted by atomic mass is 19.4. The summed E-state index contributed by atoms with van der Waals surface area (Å²) >= 11 is 0. The molecule has 31 heavy (non-hydrogen) atoms. The number of benzene rings is 2. The maximum Gasteiger partial charge on any atom is 0.573 e. The zero-order chi connectivity index (χ0) is 22.0. The first-order valence-corrected chi connectivity index (χ1v) is 11.5. The van der Waals surface area contributed by atoms with E-state index in [2.05, 4.69) is 23.8 Å². The molecule has 0 amide bonds. The average Bonchev–Trinajstić information content (AvgIpc) is 2.73. The Bertz CT molecular complexity index is 918. The molecular formula is C26H30F4O. The van der Waals surface area contributed by atoms with Crippen LogP contribution in [0.2, 0.25) is 0 Å². The molecule has 1 nitrogen and oxygen atoms in total. The van der Waals surface area contributed by atoms with Crippen molar-refractivity contribution in [1.29, 1.82) is 0 Å². The van der Waals surface area contributed by atoms with Crippen molar-refractivity contribution in [2.45, 2.75) is 77.5 Å². The van der Waals surface area contributed by atoms with Gasteiger partial charge in [-0.05, 0) is 103 Å². The van der Waals surface area contributed by atoms with Gasteiger partial charge in [-0.15, -0.1) is 13.2 Å². The average molecular weight is 435 g/mol. The van der Waals surface area contributed by atoms with Crippen LogP contribution in [0.5, 0.6) is 5.75 Å². The highest BCUT2D eigenvalue weighted by Crippen LogP contribution is 2.37. The first kappa shape index (κ1) is 22.2. The smallest absolute Gasteiger partial charge is 0.403 e. The van der Waals surface area contributed by atoms with Crippen molar-refractivity contribution in [3.63, 3.8) is 0 Å². The monoisotopic (exact) mass is 434 g/mol. The fraction of sp³-hybridized carbons (Fsp3) is 0.538. The van der Waals surface area contributed by atoms with E-state index < -0.39 is 17.9 Å². The van der Waals surface area contributed by atoms with Crippen LogP contribution in [-0.4, -0.2) is 6.36 Å². The van der Waals surface area contributed by atoms with Crippen LogP contribution in [0.1, 0.15) is 66.8 Å². The zero-order valence-electron chi connectivity index (χ0n) is 18.0. The van der Waals surface area contributed by atoms with Crippen molar-refractivity contribution in [1.82, 2.24) is 0 Å². The number of rotatable bonds is 6. The first-order valence-electron chi connectivity index (χ1n) is 11.5. The molecule has 0 saturated heterocycles. The molecule has 2 aliphatic rings. The van der Waals surface area contributed by atoms with Crippen molar-refractivity contribution in [3.8, 4) is 5.75 Å². The minimum atomic E-state index is -4.88. The molecule has 0 aliphatic heterocycles. The summed E-state index contributed by atoms with van der Waals surface area (Å²) in [6.07, 6.45) is 6.28. The van der Waals surface area contributed by atoms with Crippen LogP contribution in [-0.2, 0) is 32.1 Å². The second-order valence-corrected chi connectivity index (χ2v) is 9.20. The maximum absolute atomic E-state index is 14.0. The van der Waals surface area contributed by atoms with Crippen molar-refractivity contribution < 1.29 is 22.3 Å². The summed E-state index contributed by atoms with van der Waals surface area (Å²) in [4.78, 5) is 0. The fourth-order valence-corrected chi connectivity index (χ4v) is 5.50. The zero-order valence-corrected chi connectivity index (χ0v) is 18.0. The van der Waals surface area contributed by atoms with Crippen molar-refractivity contribution in [2.75, 3.05) is 0 Å². The highest BCUT2D eigenvalue weighted by molar-refractivity contribution is 5.44. The van der Waals surface area contributed by atoms with Crippen LogP contribution in [0.3, 0.4) is 0 Å². The minimum absolute atomic E-state index is 0.524. The molecular weight excluding hydrogens is 404 g/mol. The third-order valence-electron chi connectivity index (χ3n) is 7.01. The Morgan fingerprint density at radius 2 is 1.52 bits per heavy atom. The molecule has 0 fully saturated rings. The minimum Gasteiger partial charge on any atom is -0.403 e. The van der Waals surface area contributed by atoms with Gasteiger partial charge >= 0.3 is 6.36 Å². The van der Waals surface area contributed by atoms with Gasteiger partial charge in [0.25, 0.3) is 0 Å². The summed E-state index contributed by atoms with van der Waals surface area (Å²) in [6.45, 7) is 2.27. The number of ether oxygens (including phenoxy) is 1. The molecule has 2 atom stereocenters. The molecule has 0 bridgehead atoms. The maximum atomic E-state index is 14.0. The van der Waals surface area contributed by atoms with Crippen LogP contribution in [0.15, 0.2) is 30.3 Å². The third kappa shape index (κ3) is 5.42. The molecule has 0 aromatic heterocycles. The van der Waals surface area contributed by atoms with E-state index in [1.54, 1.807) is 16.7 Å². The van der Waals surface area contributed by atoms with E-state index in [1.807, 2.05) is 0 Å². The quantitative estimate of drug-likeness (QED) is 0.431. The summed E-state index contributed by atoms with van der Waals surface area (Å²) in [5.41, 5.74) is 6.90. The largest absolute Gasteiger partial charge is 0.573 e. The molecule has 4 rings (SSSR count). The van der Waals surface area contributed by atoms with Gasteiger partial charge in [-0.2, -0.15) is 0 Å². The second kappa shape index (κ2) is 9.22. The lowest BCUT2D eigenvalue weighted by Gasteiger charge is -2.32. The van der Waals surface area contributed by atoms with E-state index in [9.17, 15) is 17.6 Å². The lowest BCUT2D eigenvalue weighted by molar-refractivity contribution is -0.275. The van der Waals surface area contributed by atoms with Crippen LogP contribution in [0.25, 0.3) is 0 Å². The Labute approximate surface area is 181 Å². The molecule has 0 N–H and O–H groups in total. The van der Waals surface area contributed by atoms with Gasteiger partial charge in [0.05, 0.1) is 0 Å². The van der Waals surface area contributed by atoms with Crippen molar-refractivity contribution >= 4 is 0 Å². The summed E-state index contributed by atoms with van der Waals surface area (Å²) in [6, 6.07) is 8.43. The van der Waals surface area contributed by atoms with Gasteiger partial charge in [-0.1, -0.05) is 38.0 Å². The topological polar surface area (TPSA) is 9.23 Å². The van der Waals surface area contributed by atoms with Crippen LogP contribution in [0, 0.1) is 17.7 Å². The summed E-state index contributed by atoms with van der Waals surface area (Å²) < 4.78 is 54.6. The normalized spacial score (nSPS) is 20.8. The van der Waals surface area contributed by atoms with E-state index in [0.717, 1.165) is 37.7 Å². The number of aryl methyl sites for hydroxylation is 1. The summed E-state index contributed by atoms with van der Waals surface area (Å²) in [5.74, 6) is -0.373. The highest BCUT2D eigenvalue weighted by Gasteiger charge is 2.32. The molecule has 2 aromatic rings. The van der Waals surface area contributed by atoms with Gasteiger partial charge < -0.3 is 4.74 Å². The van der Waals surface area contributed by atoms with Gasteiger partial charge in [0.1, 0.15) is 0 Å². The molecule has 0 heterocycles. The Balaban J connectivity index is 1.36. The molecule has 168 valence electrons. The predicted molar refractivity (Wildman–Crippen MR) is 114 cm³/mol. The van der Waals surface area contributed by atoms with Crippen molar-refractivity contribution in [2.24, 2.45) is 11.8 Å². The number of fused-ring (bicyclic) bond motifs is 3. The Hall–Kier alpha value is -2.04. The van der Waals surface area contributed by atoms with Gasteiger partial charge in [-0.25, -0.2) is 4.39 Å². The number of halogens is 4. The van der Waals surface area contributed by atoms with Gasteiger partial charge in [0.2, 0.25) is 0 Å². The molecule has 2 aliphatic carbocycles. The molecule has 0 saturated carbocycles.